The zero-order valence-corrected chi connectivity index (χ0v) is 24.2. The van der Waals surface area contributed by atoms with E-state index in [4.69, 9.17) is 15.5 Å². The van der Waals surface area contributed by atoms with Gasteiger partial charge in [-0.05, 0) is 63.1 Å². The number of nitrogens with two attached hydrogens (primary N) is 1. The van der Waals surface area contributed by atoms with Crippen molar-refractivity contribution in [3.63, 3.8) is 0 Å². The van der Waals surface area contributed by atoms with Crippen molar-refractivity contribution in [1.29, 1.82) is 0 Å². The Kier molecular flexibility index (Phi) is 8.73. The topological polar surface area (TPSA) is 138 Å². The van der Waals surface area contributed by atoms with E-state index >= 15 is 0 Å². The predicted molar refractivity (Wildman–Crippen MR) is 163 cm³/mol. The van der Waals surface area contributed by atoms with Gasteiger partial charge in [0.05, 0.1) is 5.69 Å². The Hall–Kier alpha value is -3.87. The quantitative estimate of drug-likeness (QED) is 0.367. The Morgan fingerprint density at radius 2 is 1.67 bits per heavy atom. The first-order chi connectivity index (χ1) is 20.5. The molecule has 4 N–H and O–H groups in total. The molecule has 42 heavy (non-hydrogen) atoms. The van der Waals surface area contributed by atoms with Gasteiger partial charge < -0.3 is 30.9 Å². The average Bonchev–Trinajstić information content (AvgIpc) is 3.03. The minimum Gasteiger partial charge on any atom is -0.381 e. The molecule has 3 aliphatic heterocycles. The van der Waals surface area contributed by atoms with Crippen LogP contribution in [0.5, 0.6) is 0 Å². The molecule has 3 saturated heterocycles. The lowest BCUT2D eigenvalue weighted by Crippen LogP contribution is -2.52. The minimum absolute atomic E-state index is 0.0520. The van der Waals surface area contributed by atoms with Crippen molar-refractivity contribution in [1.82, 2.24) is 29.7 Å². The number of hydrogen-bond acceptors (Lipinski definition) is 11. The maximum Gasteiger partial charge on any atom is 0.271 e. The van der Waals surface area contributed by atoms with Crippen molar-refractivity contribution in [2.75, 3.05) is 75.1 Å². The molecule has 1 amide bonds. The van der Waals surface area contributed by atoms with Crippen LogP contribution in [0, 0.1) is 0 Å². The van der Waals surface area contributed by atoms with Crippen molar-refractivity contribution in [3.05, 3.63) is 48.5 Å². The lowest BCUT2D eigenvalue weighted by atomic mass is 10.0. The second-order valence-corrected chi connectivity index (χ2v) is 11.3. The van der Waals surface area contributed by atoms with Crippen LogP contribution in [-0.4, -0.2) is 107 Å². The van der Waals surface area contributed by atoms with Crippen LogP contribution in [0.4, 0.5) is 23.0 Å². The normalized spacial score (nSPS) is 19.5. The summed E-state index contributed by atoms with van der Waals surface area (Å²) in [4.78, 5) is 37.9. The van der Waals surface area contributed by atoms with E-state index < -0.39 is 5.91 Å². The van der Waals surface area contributed by atoms with Crippen molar-refractivity contribution >= 4 is 28.9 Å². The lowest BCUT2D eigenvalue weighted by molar-refractivity contribution is 0.0904. The summed E-state index contributed by atoms with van der Waals surface area (Å²) < 4.78 is 5.52. The number of rotatable bonds is 8. The highest BCUT2D eigenvalue weighted by Gasteiger charge is 2.27. The number of carbonyl (C=O) groups is 1. The average molecular weight is 573 g/mol. The molecule has 222 valence electrons. The molecule has 6 rings (SSSR count). The summed E-state index contributed by atoms with van der Waals surface area (Å²) in [7, 11) is 2.21. The van der Waals surface area contributed by atoms with E-state index in [-0.39, 0.29) is 11.7 Å². The molecular weight excluding hydrogens is 532 g/mol. The van der Waals surface area contributed by atoms with E-state index in [9.17, 15) is 4.79 Å². The number of nitrogens with one attached hydrogen (secondary N) is 2. The van der Waals surface area contributed by atoms with E-state index in [0.29, 0.717) is 42.3 Å². The maximum absolute atomic E-state index is 12.5. The van der Waals surface area contributed by atoms with Crippen LogP contribution < -0.4 is 21.3 Å². The fraction of sp³-hybridized carbons (Fsp3) is 0.500. The van der Waals surface area contributed by atoms with Gasteiger partial charge in [-0.15, -0.1) is 0 Å². The van der Waals surface area contributed by atoms with Gasteiger partial charge in [0.1, 0.15) is 12.0 Å². The second-order valence-electron chi connectivity index (χ2n) is 11.3. The summed E-state index contributed by atoms with van der Waals surface area (Å²) >= 11 is 0. The SMILES string of the molecule is CN1CCN(C2CCN(c3ccc(Nc4nc(NC5CCOCC5)c(-c5ccncn5)nc4C(N)=O)cc3)CC2)CC1. The molecule has 3 fully saturated rings. The van der Waals surface area contributed by atoms with Gasteiger partial charge in [-0.25, -0.2) is 19.9 Å². The van der Waals surface area contributed by atoms with Gasteiger partial charge in [0.2, 0.25) is 0 Å². The molecule has 12 nitrogen and oxygen atoms in total. The number of aromatic nitrogens is 4. The Labute approximate surface area is 246 Å². The van der Waals surface area contributed by atoms with E-state index in [0.717, 1.165) is 44.7 Å². The second kappa shape index (κ2) is 13.0. The number of carbonyl (C=O) groups excluding carboxylic acids is 1. The smallest absolute Gasteiger partial charge is 0.271 e. The van der Waals surface area contributed by atoms with Gasteiger partial charge in [-0.2, -0.15) is 0 Å². The lowest BCUT2D eigenvalue weighted by Gasteiger charge is -2.42. The number of primary amides is 1. The molecule has 1 aromatic carbocycles. The van der Waals surface area contributed by atoms with Crippen LogP contribution in [0.3, 0.4) is 0 Å². The van der Waals surface area contributed by atoms with Crippen molar-refractivity contribution in [3.8, 4) is 11.4 Å². The van der Waals surface area contributed by atoms with Gasteiger partial charge in [-0.3, -0.25) is 9.69 Å². The molecule has 0 saturated carbocycles. The maximum atomic E-state index is 12.5. The largest absolute Gasteiger partial charge is 0.381 e. The first kappa shape index (κ1) is 28.3. The van der Waals surface area contributed by atoms with Crippen LogP contribution in [0.25, 0.3) is 11.4 Å². The highest BCUT2D eigenvalue weighted by molar-refractivity contribution is 5.97. The number of anilines is 4. The Morgan fingerprint density at radius 3 is 2.33 bits per heavy atom. The summed E-state index contributed by atoms with van der Waals surface area (Å²) in [5, 5.41) is 6.80. The molecule has 2 aromatic heterocycles. The van der Waals surface area contributed by atoms with Crippen molar-refractivity contribution < 1.29 is 9.53 Å². The van der Waals surface area contributed by atoms with Crippen LogP contribution in [0.15, 0.2) is 42.9 Å². The van der Waals surface area contributed by atoms with Gasteiger partial charge in [0, 0.05) is 82.1 Å². The molecule has 0 atom stereocenters. The van der Waals surface area contributed by atoms with Gasteiger partial charge in [0.15, 0.2) is 17.3 Å². The third kappa shape index (κ3) is 6.61. The summed E-state index contributed by atoms with van der Waals surface area (Å²) in [6, 6.07) is 10.8. The fourth-order valence-electron chi connectivity index (χ4n) is 6.01. The molecule has 0 spiro atoms. The highest BCUT2D eigenvalue weighted by atomic mass is 16.5. The Balaban J connectivity index is 1.18. The third-order valence-electron chi connectivity index (χ3n) is 8.53. The molecule has 0 aliphatic carbocycles. The van der Waals surface area contributed by atoms with Crippen LogP contribution in [0.1, 0.15) is 36.2 Å². The Morgan fingerprint density at radius 1 is 0.929 bits per heavy atom. The standard InChI is InChI=1S/C30H40N10O2/c1-38-14-16-40(17-15-38)24-7-12-39(13-8-24)23-4-2-21(3-5-23)34-30-27(28(31)41)36-26(25-6-11-32-20-33-25)29(37-30)35-22-9-18-42-19-10-22/h2-6,11,20,22,24H,7-10,12-19H2,1H3,(H2,31,41)(H2,34,35,37). The third-order valence-corrected chi connectivity index (χ3v) is 8.53. The van der Waals surface area contributed by atoms with Crippen LogP contribution in [-0.2, 0) is 4.74 Å². The van der Waals surface area contributed by atoms with E-state index in [1.165, 1.54) is 37.9 Å². The first-order valence-electron chi connectivity index (χ1n) is 14.9. The number of nitrogens with zero attached hydrogens (tertiary/aromatic N) is 7. The van der Waals surface area contributed by atoms with Gasteiger partial charge >= 0.3 is 0 Å². The molecule has 12 heteroatoms. The molecule has 5 heterocycles. The van der Waals surface area contributed by atoms with Crippen LogP contribution >= 0.6 is 0 Å². The number of piperazine rings is 1. The number of benzene rings is 1. The predicted octanol–water partition coefficient (Wildman–Crippen LogP) is 2.58. The first-order valence-corrected chi connectivity index (χ1v) is 14.9. The van der Waals surface area contributed by atoms with Gasteiger partial charge in [0.25, 0.3) is 5.91 Å². The molecule has 0 unspecified atom stereocenters. The Bertz CT molecular complexity index is 1330. The summed E-state index contributed by atoms with van der Waals surface area (Å²) in [6.45, 7) is 8.12. The zero-order valence-electron chi connectivity index (χ0n) is 24.2. The summed E-state index contributed by atoms with van der Waals surface area (Å²) in [6.07, 6.45) is 7.14. The van der Waals surface area contributed by atoms with E-state index in [2.05, 4.69) is 59.5 Å². The summed E-state index contributed by atoms with van der Waals surface area (Å²) in [5.41, 5.74) is 8.84. The number of amides is 1. The fourth-order valence-corrected chi connectivity index (χ4v) is 6.01. The molecular formula is C30H40N10O2. The summed E-state index contributed by atoms with van der Waals surface area (Å²) in [5.74, 6) is 0.168. The van der Waals surface area contributed by atoms with Crippen LogP contribution in [0.2, 0.25) is 0 Å². The monoisotopic (exact) mass is 572 g/mol. The highest BCUT2D eigenvalue weighted by Crippen LogP contribution is 2.30. The molecule has 3 aliphatic rings. The van der Waals surface area contributed by atoms with Gasteiger partial charge in [-0.1, -0.05) is 0 Å². The number of piperidine rings is 1. The zero-order chi connectivity index (χ0) is 28.9. The molecule has 0 radical (unpaired) electrons. The van der Waals surface area contributed by atoms with Crippen molar-refractivity contribution in [2.24, 2.45) is 5.73 Å². The number of ether oxygens (including phenoxy) is 1. The van der Waals surface area contributed by atoms with E-state index in [1.54, 1.807) is 12.3 Å². The molecule has 3 aromatic rings. The van der Waals surface area contributed by atoms with E-state index in [1.807, 2.05) is 12.1 Å². The molecule has 0 bridgehead atoms. The number of likely N-dealkylation sites (N-methyl/N-ethyl adjacent to an activating group) is 1. The van der Waals surface area contributed by atoms with Crippen molar-refractivity contribution in [2.45, 2.75) is 37.8 Å². The minimum atomic E-state index is -0.669. The number of hydrogen-bond donors (Lipinski definition) is 3.